The molecule has 134 valence electrons. The first-order valence-corrected chi connectivity index (χ1v) is 9.46. The van der Waals surface area contributed by atoms with E-state index in [0.717, 1.165) is 31.3 Å². The van der Waals surface area contributed by atoms with Crippen molar-refractivity contribution in [2.24, 2.45) is 5.92 Å². The van der Waals surface area contributed by atoms with E-state index in [4.69, 9.17) is 23.2 Å². The van der Waals surface area contributed by atoms with Gasteiger partial charge in [-0.2, -0.15) is 0 Å². The van der Waals surface area contributed by atoms with Crippen molar-refractivity contribution >= 4 is 40.7 Å². The molecule has 0 bridgehead atoms. The van der Waals surface area contributed by atoms with Gasteiger partial charge in [-0.05, 0) is 63.1 Å². The molecule has 0 spiro atoms. The van der Waals surface area contributed by atoms with Crippen LogP contribution in [0.3, 0.4) is 0 Å². The lowest BCUT2D eigenvalue weighted by molar-refractivity contribution is -0.136. The minimum absolute atomic E-state index is 0.0635. The second kappa shape index (κ2) is 7.79. The van der Waals surface area contributed by atoms with Crippen LogP contribution in [-0.2, 0) is 9.59 Å². The standard InChI is InChI=1S/C19H22Cl2N2O2/c1-12(13-5-6-13)10-18(24)23-9-3-2-4-17(23)19(25)22-16-8-7-14(20)11-15(16)21/h7-8,10-11,13,17H,2-6,9H2,1H3,(H,22,25)/b12-10+. The number of benzene rings is 1. The van der Waals surface area contributed by atoms with Crippen molar-refractivity contribution in [2.75, 3.05) is 11.9 Å². The maximum atomic E-state index is 12.7. The van der Waals surface area contributed by atoms with Gasteiger partial charge < -0.3 is 10.2 Å². The number of hydrogen-bond donors (Lipinski definition) is 1. The highest BCUT2D eigenvalue weighted by atomic mass is 35.5. The van der Waals surface area contributed by atoms with Crippen LogP contribution in [0.5, 0.6) is 0 Å². The first kappa shape index (κ1) is 18.3. The molecule has 1 aromatic carbocycles. The quantitative estimate of drug-likeness (QED) is 0.771. The van der Waals surface area contributed by atoms with Crippen molar-refractivity contribution in [1.29, 1.82) is 0 Å². The van der Waals surface area contributed by atoms with Crippen LogP contribution in [0.1, 0.15) is 39.0 Å². The summed E-state index contributed by atoms with van der Waals surface area (Å²) in [5, 5.41) is 3.74. The third-order valence-corrected chi connectivity index (χ3v) is 5.40. The highest BCUT2D eigenvalue weighted by Gasteiger charge is 2.32. The molecule has 0 radical (unpaired) electrons. The number of halogens is 2. The highest BCUT2D eigenvalue weighted by Crippen LogP contribution is 2.36. The van der Waals surface area contributed by atoms with Gasteiger partial charge in [-0.3, -0.25) is 9.59 Å². The van der Waals surface area contributed by atoms with Crippen LogP contribution in [0.15, 0.2) is 29.8 Å². The molecule has 2 amide bonds. The second-order valence-electron chi connectivity index (χ2n) is 6.82. The lowest BCUT2D eigenvalue weighted by atomic mass is 10.0. The molecule has 1 aromatic rings. The molecule has 2 fully saturated rings. The number of piperidine rings is 1. The largest absolute Gasteiger partial charge is 0.327 e. The Bertz CT molecular complexity index is 713. The van der Waals surface area contributed by atoms with Crippen LogP contribution in [0.4, 0.5) is 5.69 Å². The number of hydrogen-bond acceptors (Lipinski definition) is 2. The SMILES string of the molecule is C/C(=C\C(=O)N1CCCCC1C(=O)Nc1ccc(Cl)cc1Cl)C1CC1. The summed E-state index contributed by atoms with van der Waals surface area (Å²) >= 11 is 12.0. The Hall–Kier alpha value is -1.52. The Labute approximate surface area is 158 Å². The number of carbonyl (C=O) groups excluding carboxylic acids is 2. The summed E-state index contributed by atoms with van der Waals surface area (Å²) in [5.41, 5.74) is 1.63. The van der Waals surface area contributed by atoms with Gasteiger partial charge in [0.15, 0.2) is 0 Å². The zero-order chi connectivity index (χ0) is 18.0. The normalized spacial score (nSPS) is 21.2. The summed E-state index contributed by atoms with van der Waals surface area (Å²) in [6, 6.07) is 4.48. The predicted molar refractivity (Wildman–Crippen MR) is 101 cm³/mol. The van der Waals surface area contributed by atoms with E-state index >= 15 is 0 Å². The minimum atomic E-state index is -0.462. The number of likely N-dealkylation sites (tertiary alicyclic amines) is 1. The number of allylic oxidation sites excluding steroid dienone is 1. The lowest BCUT2D eigenvalue weighted by Gasteiger charge is -2.34. The first-order chi connectivity index (χ1) is 12.0. The van der Waals surface area contributed by atoms with Crippen molar-refractivity contribution in [3.05, 3.63) is 39.9 Å². The number of nitrogens with one attached hydrogen (secondary N) is 1. The Morgan fingerprint density at radius 2 is 1.96 bits per heavy atom. The summed E-state index contributed by atoms with van der Waals surface area (Å²) < 4.78 is 0. The van der Waals surface area contributed by atoms with Crippen LogP contribution in [0, 0.1) is 5.92 Å². The minimum Gasteiger partial charge on any atom is -0.327 e. The van der Waals surface area contributed by atoms with Crippen molar-refractivity contribution in [3.63, 3.8) is 0 Å². The van der Waals surface area contributed by atoms with Crippen molar-refractivity contribution in [1.82, 2.24) is 4.90 Å². The van der Waals surface area contributed by atoms with Crippen LogP contribution in [0.2, 0.25) is 10.0 Å². The van der Waals surface area contributed by atoms with Gasteiger partial charge in [-0.1, -0.05) is 28.8 Å². The summed E-state index contributed by atoms with van der Waals surface area (Å²) in [6.45, 7) is 2.61. The van der Waals surface area contributed by atoms with Gasteiger partial charge in [0, 0.05) is 17.6 Å². The van der Waals surface area contributed by atoms with Gasteiger partial charge in [0.25, 0.3) is 0 Å². The molecular weight excluding hydrogens is 359 g/mol. The van der Waals surface area contributed by atoms with Gasteiger partial charge in [0.2, 0.25) is 11.8 Å². The molecule has 1 saturated heterocycles. The Morgan fingerprint density at radius 1 is 1.20 bits per heavy atom. The average Bonchev–Trinajstić information content (AvgIpc) is 3.42. The fraction of sp³-hybridized carbons (Fsp3) is 0.474. The van der Waals surface area contributed by atoms with Crippen LogP contribution < -0.4 is 5.32 Å². The number of carbonyl (C=O) groups is 2. The van der Waals surface area contributed by atoms with E-state index < -0.39 is 6.04 Å². The topological polar surface area (TPSA) is 49.4 Å². The lowest BCUT2D eigenvalue weighted by Crippen LogP contribution is -2.49. The number of rotatable bonds is 4. The van der Waals surface area contributed by atoms with E-state index in [1.54, 1.807) is 29.2 Å². The molecule has 4 nitrogen and oxygen atoms in total. The maximum Gasteiger partial charge on any atom is 0.247 e. The van der Waals surface area contributed by atoms with Crippen molar-refractivity contribution in [3.8, 4) is 0 Å². The van der Waals surface area contributed by atoms with E-state index in [1.165, 1.54) is 0 Å². The number of anilines is 1. The summed E-state index contributed by atoms with van der Waals surface area (Å²) in [4.78, 5) is 27.1. The van der Waals surface area contributed by atoms with Crippen LogP contribution in [0.25, 0.3) is 0 Å². The van der Waals surface area contributed by atoms with Gasteiger partial charge in [0.05, 0.1) is 10.7 Å². The highest BCUT2D eigenvalue weighted by molar-refractivity contribution is 6.36. The van der Waals surface area contributed by atoms with Crippen molar-refractivity contribution < 1.29 is 9.59 Å². The molecule has 1 aliphatic carbocycles. The number of amides is 2. The second-order valence-corrected chi connectivity index (χ2v) is 7.66. The van der Waals surface area contributed by atoms with E-state index in [9.17, 15) is 9.59 Å². The van der Waals surface area contributed by atoms with Crippen molar-refractivity contribution in [2.45, 2.75) is 45.1 Å². The molecule has 0 aromatic heterocycles. The predicted octanol–water partition coefficient (Wildman–Crippen LogP) is 4.67. The molecule has 3 rings (SSSR count). The monoisotopic (exact) mass is 380 g/mol. The van der Waals surface area contributed by atoms with E-state index in [0.29, 0.717) is 34.6 Å². The zero-order valence-corrected chi connectivity index (χ0v) is 15.7. The fourth-order valence-corrected chi connectivity index (χ4v) is 3.66. The molecule has 6 heteroatoms. The molecule has 1 unspecified atom stereocenters. The Morgan fingerprint density at radius 3 is 2.64 bits per heavy atom. The summed E-state index contributed by atoms with van der Waals surface area (Å²) in [5.74, 6) is 0.287. The van der Waals surface area contributed by atoms with Gasteiger partial charge in [-0.15, -0.1) is 0 Å². The van der Waals surface area contributed by atoms with E-state index in [2.05, 4.69) is 5.32 Å². The number of nitrogens with zero attached hydrogens (tertiary/aromatic N) is 1. The zero-order valence-electron chi connectivity index (χ0n) is 14.2. The molecule has 1 saturated carbocycles. The summed E-state index contributed by atoms with van der Waals surface area (Å²) in [7, 11) is 0. The van der Waals surface area contributed by atoms with Gasteiger partial charge >= 0.3 is 0 Å². The average molecular weight is 381 g/mol. The van der Waals surface area contributed by atoms with E-state index in [-0.39, 0.29) is 11.8 Å². The molecule has 1 atom stereocenters. The third-order valence-electron chi connectivity index (χ3n) is 4.85. The molecule has 25 heavy (non-hydrogen) atoms. The molecule has 1 N–H and O–H groups in total. The van der Waals surface area contributed by atoms with Crippen LogP contribution >= 0.6 is 23.2 Å². The molecular formula is C19H22Cl2N2O2. The Balaban J connectivity index is 1.72. The molecule has 1 aliphatic heterocycles. The Kier molecular flexibility index (Phi) is 5.70. The molecule has 1 heterocycles. The van der Waals surface area contributed by atoms with Gasteiger partial charge in [-0.25, -0.2) is 0 Å². The fourth-order valence-electron chi connectivity index (χ4n) is 3.21. The van der Waals surface area contributed by atoms with Crippen LogP contribution in [-0.4, -0.2) is 29.3 Å². The summed E-state index contributed by atoms with van der Waals surface area (Å²) in [6.07, 6.45) is 6.55. The third kappa shape index (κ3) is 4.56. The smallest absolute Gasteiger partial charge is 0.247 e. The van der Waals surface area contributed by atoms with Gasteiger partial charge in [0.1, 0.15) is 6.04 Å². The maximum absolute atomic E-state index is 12.7. The van der Waals surface area contributed by atoms with E-state index in [1.807, 2.05) is 6.92 Å². The first-order valence-electron chi connectivity index (χ1n) is 8.70. The molecule has 2 aliphatic rings.